The second-order valence-corrected chi connectivity index (χ2v) is 6.50. The maximum Gasteiger partial charge on any atom is 0.353 e. The predicted octanol–water partition coefficient (Wildman–Crippen LogP) is -1.06. The lowest BCUT2D eigenvalue weighted by Crippen LogP contribution is -2.39. The first-order valence-corrected chi connectivity index (χ1v) is 8.12. The number of aromatic carboxylic acids is 1. The van der Waals surface area contributed by atoms with E-state index in [2.05, 4.69) is 0 Å². The molecular weight excluding hydrogens is 314 g/mol. The van der Waals surface area contributed by atoms with Gasteiger partial charge in [0.1, 0.15) is 12.3 Å². The quantitative estimate of drug-likeness (QED) is 0.641. The maximum atomic E-state index is 11.4. The highest BCUT2D eigenvalue weighted by Gasteiger charge is 2.30. The summed E-state index contributed by atoms with van der Waals surface area (Å²) in [6.07, 6.45) is 2.10. The summed E-state index contributed by atoms with van der Waals surface area (Å²) in [4.78, 5) is 24.3. The summed E-state index contributed by atoms with van der Waals surface area (Å²) in [7, 11) is -4.19. The maximum absolute atomic E-state index is 11.4. The van der Waals surface area contributed by atoms with E-state index in [1.165, 1.54) is 11.0 Å². The Morgan fingerprint density at radius 3 is 2.36 bits per heavy atom. The first-order valence-electron chi connectivity index (χ1n) is 6.62. The standard InChI is InChI=1S/C12H17N3O6S/c13-22(20,21)15-6-3-9(11(15)12(18)19)8-1-4-14(5-2-8)10(17)7-16/h3,6,8,16H,1-2,4-5,7H2,(H,18,19)(H2,13,20,21). The van der Waals surface area contributed by atoms with E-state index < -0.39 is 22.8 Å². The van der Waals surface area contributed by atoms with Gasteiger partial charge in [0.05, 0.1) is 0 Å². The molecule has 1 fully saturated rings. The Hall–Kier alpha value is -1.91. The van der Waals surface area contributed by atoms with E-state index in [1.807, 2.05) is 0 Å². The average molecular weight is 331 g/mol. The molecular formula is C12H17N3O6S. The van der Waals surface area contributed by atoms with Gasteiger partial charge in [-0.15, -0.1) is 0 Å². The van der Waals surface area contributed by atoms with Gasteiger partial charge in [0.15, 0.2) is 0 Å². The molecule has 4 N–H and O–H groups in total. The second-order valence-electron chi connectivity index (χ2n) is 5.08. The lowest BCUT2D eigenvalue weighted by Gasteiger charge is -2.31. The Labute approximate surface area is 127 Å². The van der Waals surface area contributed by atoms with Crippen LogP contribution in [0.15, 0.2) is 12.3 Å². The van der Waals surface area contributed by atoms with Crippen molar-refractivity contribution >= 4 is 22.1 Å². The fourth-order valence-corrected chi connectivity index (χ4v) is 3.40. The molecule has 1 aromatic heterocycles. The Morgan fingerprint density at radius 1 is 1.32 bits per heavy atom. The van der Waals surface area contributed by atoms with E-state index in [-0.39, 0.29) is 17.5 Å². The molecule has 0 spiro atoms. The first kappa shape index (κ1) is 16.5. The lowest BCUT2D eigenvalue weighted by molar-refractivity contribution is -0.135. The van der Waals surface area contributed by atoms with Gasteiger partial charge in [-0.1, -0.05) is 0 Å². The van der Waals surface area contributed by atoms with Crippen LogP contribution in [0.4, 0.5) is 0 Å². The normalized spacial score (nSPS) is 16.7. The number of hydrogen-bond acceptors (Lipinski definition) is 5. The van der Waals surface area contributed by atoms with Crippen molar-refractivity contribution in [1.82, 2.24) is 8.87 Å². The van der Waals surface area contributed by atoms with Crippen LogP contribution in [0.25, 0.3) is 0 Å². The van der Waals surface area contributed by atoms with Crippen LogP contribution in [-0.4, -0.2) is 59.1 Å². The second kappa shape index (κ2) is 6.07. The fraction of sp³-hybridized carbons (Fsp3) is 0.500. The van der Waals surface area contributed by atoms with Gasteiger partial charge in [0.2, 0.25) is 5.91 Å². The Kier molecular flexibility index (Phi) is 4.54. The van der Waals surface area contributed by atoms with Crippen LogP contribution < -0.4 is 5.14 Å². The summed E-state index contributed by atoms with van der Waals surface area (Å²) in [6, 6.07) is 1.43. The summed E-state index contributed by atoms with van der Waals surface area (Å²) in [6.45, 7) is 0.195. The van der Waals surface area contributed by atoms with Crippen molar-refractivity contribution in [2.24, 2.45) is 5.14 Å². The molecule has 0 atom stereocenters. The minimum Gasteiger partial charge on any atom is -0.477 e. The average Bonchev–Trinajstić information content (AvgIpc) is 2.91. The summed E-state index contributed by atoms with van der Waals surface area (Å²) in [5, 5.41) is 23.1. The third-order valence-electron chi connectivity index (χ3n) is 3.78. The number of aromatic nitrogens is 1. The molecule has 1 aliphatic heterocycles. The van der Waals surface area contributed by atoms with Crippen molar-refractivity contribution in [2.45, 2.75) is 18.8 Å². The van der Waals surface area contributed by atoms with Gasteiger partial charge in [-0.2, -0.15) is 8.42 Å². The summed E-state index contributed by atoms with van der Waals surface area (Å²) in [5.41, 5.74) is 0.0204. The molecule has 0 bridgehead atoms. The molecule has 0 saturated carbocycles. The molecule has 10 heteroatoms. The van der Waals surface area contributed by atoms with Crippen molar-refractivity contribution in [3.8, 4) is 0 Å². The molecule has 0 radical (unpaired) electrons. The monoisotopic (exact) mass is 331 g/mol. The number of amides is 1. The topological polar surface area (TPSA) is 143 Å². The Balaban J connectivity index is 2.26. The molecule has 0 unspecified atom stereocenters. The summed E-state index contributed by atoms with van der Waals surface area (Å²) < 4.78 is 23.4. The molecule has 1 aromatic rings. The number of aliphatic hydroxyl groups excluding tert-OH is 1. The van der Waals surface area contributed by atoms with E-state index in [0.29, 0.717) is 35.5 Å². The fourth-order valence-electron chi connectivity index (χ4n) is 2.73. The molecule has 1 aliphatic rings. The van der Waals surface area contributed by atoms with Crippen molar-refractivity contribution in [1.29, 1.82) is 0 Å². The number of carbonyl (C=O) groups excluding carboxylic acids is 1. The molecule has 2 heterocycles. The summed E-state index contributed by atoms with van der Waals surface area (Å²) in [5.74, 6) is -1.93. The van der Waals surface area contributed by atoms with Crippen LogP contribution >= 0.6 is 0 Å². The minimum atomic E-state index is -4.19. The molecule has 1 amide bonds. The Morgan fingerprint density at radius 2 is 1.91 bits per heavy atom. The van der Waals surface area contributed by atoms with Gasteiger partial charge in [-0.3, -0.25) is 4.79 Å². The Bertz CT molecular complexity index is 688. The highest BCUT2D eigenvalue weighted by Crippen LogP contribution is 2.31. The van der Waals surface area contributed by atoms with Crippen LogP contribution in [0, 0.1) is 0 Å². The number of nitrogens with two attached hydrogens (primary N) is 1. The first-order chi connectivity index (χ1) is 10.3. The van der Waals surface area contributed by atoms with Crippen LogP contribution in [0.3, 0.4) is 0 Å². The highest BCUT2D eigenvalue weighted by atomic mass is 32.2. The van der Waals surface area contributed by atoms with Crippen molar-refractivity contribution in [3.05, 3.63) is 23.5 Å². The third kappa shape index (κ3) is 3.13. The minimum absolute atomic E-state index is 0.183. The van der Waals surface area contributed by atoms with E-state index in [4.69, 9.17) is 10.2 Å². The molecule has 22 heavy (non-hydrogen) atoms. The molecule has 0 aromatic carbocycles. The smallest absolute Gasteiger partial charge is 0.353 e. The molecule has 122 valence electrons. The van der Waals surface area contributed by atoms with E-state index >= 15 is 0 Å². The number of nitrogens with zero attached hydrogens (tertiary/aromatic N) is 2. The molecule has 9 nitrogen and oxygen atoms in total. The predicted molar refractivity (Wildman–Crippen MR) is 75.5 cm³/mol. The third-order valence-corrected chi connectivity index (χ3v) is 4.64. The van der Waals surface area contributed by atoms with E-state index in [0.717, 1.165) is 6.20 Å². The van der Waals surface area contributed by atoms with Gasteiger partial charge < -0.3 is 15.1 Å². The zero-order chi connectivity index (χ0) is 16.5. The molecule has 2 rings (SSSR count). The van der Waals surface area contributed by atoms with Crippen molar-refractivity contribution < 1.29 is 28.2 Å². The number of carbonyl (C=O) groups is 2. The van der Waals surface area contributed by atoms with Crippen LogP contribution in [0.2, 0.25) is 0 Å². The number of aliphatic hydroxyl groups is 1. The number of piperidine rings is 1. The van der Waals surface area contributed by atoms with Crippen molar-refractivity contribution in [3.63, 3.8) is 0 Å². The number of likely N-dealkylation sites (tertiary alicyclic amines) is 1. The largest absolute Gasteiger partial charge is 0.477 e. The van der Waals surface area contributed by atoms with Gasteiger partial charge in [-0.05, 0) is 30.4 Å². The van der Waals surface area contributed by atoms with Crippen LogP contribution in [0.1, 0.15) is 34.8 Å². The number of carboxylic acid groups (broad SMARTS) is 1. The van der Waals surface area contributed by atoms with E-state index in [1.54, 1.807) is 0 Å². The molecule has 1 saturated heterocycles. The van der Waals surface area contributed by atoms with Crippen LogP contribution in [0.5, 0.6) is 0 Å². The van der Waals surface area contributed by atoms with E-state index in [9.17, 15) is 23.1 Å². The zero-order valence-corrected chi connectivity index (χ0v) is 12.5. The zero-order valence-electron chi connectivity index (χ0n) is 11.7. The van der Waals surface area contributed by atoms with Gasteiger partial charge in [0, 0.05) is 19.3 Å². The number of hydrogen-bond donors (Lipinski definition) is 3. The number of rotatable bonds is 4. The van der Waals surface area contributed by atoms with Crippen LogP contribution in [-0.2, 0) is 15.0 Å². The molecule has 0 aliphatic carbocycles. The van der Waals surface area contributed by atoms with Gasteiger partial charge >= 0.3 is 16.2 Å². The lowest BCUT2D eigenvalue weighted by atomic mass is 9.89. The SMILES string of the molecule is NS(=O)(=O)n1ccc(C2CCN(C(=O)CO)CC2)c1C(=O)O. The highest BCUT2D eigenvalue weighted by molar-refractivity contribution is 7.87. The van der Waals surface area contributed by atoms with Crippen molar-refractivity contribution in [2.75, 3.05) is 19.7 Å². The number of carboxylic acids is 1. The summed E-state index contributed by atoms with van der Waals surface area (Å²) >= 11 is 0. The van der Waals surface area contributed by atoms with Gasteiger partial charge in [-0.25, -0.2) is 13.9 Å². The van der Waals surface area contributed by atoms with Gasteiger partial charge in [0.25, 0.3) is 0 Å².